The molecule has 0 radical (unpaired) electrons. The molecule has 0 saturated heterocycles. The summed E-state index contributed by atoms with van der Waals surface area (Å²) in [6.45, 7) is 9.10. The summed E-state index contributed by atoms with van der Waals surface area (Å²) in [5.74, 6) is 3.45. The van der Waals surface area contributed by atoms with E-state index < -0.39 is 0 Å². The van der Waals surface area contributed by atoms with Gasteiger partial charge >= 0.3 is 0 Å². The fraction of sp³-hybridized carbons (Fsp3) is 0.407. The molecule has 1 aromatic heterocycles. The van der Waals surface area contributed by atoms with Gasteiger partial charge in [0.15, 0.2) is 11.5 Å². The number of methoxy groups -OCH3 is 3. The Balaban J connectivity index is 2.01. The van der Waals surface area contributed by atoms with Crippen LogP contribution in [0.2, 0.25) is 0 Å². The zero-order valence-electron chi connectivity index (χ0n) is 21.6. The fourth-order valence-electron chi connectivity index (χ4n) is 3.33. The van der Waals surface area contributed by atoms with Gasteiger partial charge in [-0.25, -0.2) is 4.68 Å². The molecule has 188 valence electrons. The molecule has 1 heterocycles. The maximum Gasteiger partial charge on any atom is 0.206 e. The molecule has 35 heavy (non-hydrogen) atoms. The van der Waals surface area contributed by atoms with Crippen LogP contribution >= 0.6 is 11.3 Å². The molecule has 0 bridgehead atoms. The SMILES string of the molecule is COc1ccc(OC)c(-c2csc(=NC(C)C)n2N=Cc2ccc(OCCC(C)C)c(OC)c2)c1. The minimum absolute atomic E-state index is 0.123. The van der Waals surface area contributed by atoms with Gasteiger partial charge in [0, 0.05) is 17.0 Å². The largest absolute Gasteiger partial charge is 0.497 e. The Morgan fingerprint density at radius 1 is 0.914 bits per heavy atom. The second-order valence-electron chi connectivity index (χ2n) is 8.69. The molecule has 3 aromatic rings. The highest BCUT2D eigenvalue weighted by Crippen LogP contribution is 2.34. The highest BCUT2D eigenvalue weighted by molar-refractivity contribution is 7.07. The van der Waals surface area contributed by atoms with Crippen LogP contribution in [0.3, 0.4) is 0 Å². The summed E-state index contributed by atoms with van der Waals surface area (Å²) in [5.41, 5.74) is 2.62. The number of benzene rings is 2. The predicted octanol–water partition coefficient (Wildman–Crippen LogP) is 5.86. The van der Waals surface area contributed by atoms with Gasteiger partial charge in [0.1, 0.15) is 11.5 Å². The molecule has 0 unspecified atom stereocenters. The van der Waals surface area contributed by atoms with Crippen LogP contribution in [0.25, 0.3) is 11.3 Å². The van der Waals surface area contributed by atoms with Crippen molar-refractivity contribution in [2.24, 2.45) is 16.0 Å². The molecule has 0 N–H and O–H groups in total. The number of rotatable bonds is 11. The first-order chi connectivity index (χ1) is 16.9. The van der Waals surface area contributed by atoms with E-state index in [4.69, 9.17) is 29.0 Å². The Bertz CT molecular complexity index is 1210. The van der Waals surface area contributed by atoms with Crippen molar-refractivity contribution < 1.29 is 18.9 Å². The van der Waals surface area contributed by atoms with E-state index in [1.165, 1.54) is 11.3 Å². The van der Waals surface area contributed by atoms with Gasteiger partial charge < -0.3 is 18.9 Å². The third kappa shape index (κ3) is 6.88. The molecule has 0 fully saturated rings. The first-order valence-corrected chi connectivity index (χ1v) is 12.6. The normalized spacial score (nSPS) is 12.1. The summed E-state index contributed by atoms with van der Waals surface area (Å²) in [5, 5.41) is 6.83. The average Bonchev–Trinajstić information content (AvgIpc) is 3.23. The van der Waals surface area contributed by atoms with Crippen LogP contribution in [0.15, 0.2) is 51.9 Å². The van der Waals surface area contributed by atoms with Crippen LogP contribution in [0.5, 0.6) is 23.0 Å². The van der Waals surface area contributed by atoms with Crippen molar-refractivity contribution in [3.8, 4) is 34.3 Å². The van der Waals surface area contributed by atoms with Gasteiger partial charge in [-0.05, 0) is 68.1 Å². The van der Waals surface area contributed by atoms with Gasteiger partial charge in [-0.3, -0.25) is 4.99 Å². The van der Waals surface area contributed by atoms with E-state index in [-0.39, 0.29) is 6.04 Å². The Labute approximate surface area is 211 Å². The number of hydrogen-bond donors (Lipinski definition) is 0. The molecular formula is C27H35N3O4S. The summed E-state index contributed by atoms with van der Waals surface area (Å²) in [6, 6.07) is 11.6. The van der Waals surface area contributed by atoms with Gasteiger partial charge in [-0.2, -0.15) is 5.10 Å². The lowest BCUT2D eigenvalue weighted by atomic mass is 10.1. The fourth-order valence-corrected chi connectivity index (χ4v) is 4.29. The maximum absolute atomic E-state index is 5.92. The lowest BCUT2D eigenvalue weighted by molar-refractivity contribution is 0.273. The van der Waals surface area contributed by atoms with Crippen LogP contribution in [-0.4, -0.2) is 44.9 Å². The maximum atomic E-state index is 5.92. The topological polar surface area (TPSA) is 66.6 Å². The summed E-state index contributed by atoms with van der Waals surface area (Å²) in [7, 11) is 4.95. The number of nitrogens with zero attached hydrogens (tertiary/aromatic N) is 3. The molecule has 0 saturated carbocycles. The van der Waals surface area contributed by atoms with Crippen molar-refractivity contribution in [2.45, 2.75) is 40.2 Å². The lowest BCUT2D eigenvalue weighted by Crippen LogP contribution is -2.14. The van der Waals surface area contributed by atoms with Crippen LogP contribution < -0.4 is 23.7 Å². The average molecular weight is 498 g/mol. The molecule has 3 rings (SSSR count). The van der Waals surface area contributed by atoms with Crippen molar-refractivity contribution in [2.75, 3.05) is 27.9 Å². The minimum atomic E-state index is 0.123. The quantitative estimate of drug-likeness (QED) is 0.311. The molecule has 0 aliphatic carbocycles. The first kappa shape index (κ1) is 26.3. The Kier molecular flexibility index (Phi) is 9.37. The van der Waals surface area contributed by atoms with Gasteiger partial charge in [0.25, 0.3) is 0 Å². The smallest absolute Gasteiger partial charge is 0.206 e. The zero-order valence-corrected chi connectivity index (χ0v) is 22.4. The third-order valence-corrected chi connectivity index (χ3v) is 6.03. The lowest BCUT2D eigenvalue weighted by Gasteiger charge is -2.12. The summed E-state index contributed by atoms with van der Waals surface area (Å²) < 4.78 is 24.4. The van der Waals surface area contributed by atoms with E-state index in [0.29, 0.717) is 18.3 Å². The summed E-state index contributed by atoms with van der Waals surface area (Å²) in [6.07, 6.45) is 2.78. The van der Waals surface area contributed by atoms with Crippen molar-refractivity contribution in [1.29, 1.82) is 0 Å². The van der Waals surface area contributed by atoms with E-state index in [1.807, 2.05) is 60.3 Å². The molecule has 0 amide bonds. The van der Waals surface area contributed by atoms with E-state index in [0.717, 1.165) is 45.3 Å². The molecule has 0 spiro atoms. The molecule has 8 heteroatoms. The predicted molar refractivity (Wildman–Crippen MR) is 142 cm³/mol. The van der Waals surface area contributed by atoms with Crippen LogP contribution in [0, 0.1) is 5.92 Å². The van der Waals surface area contributed by atoms with Gasteiger partial charge in [0.2, 0.25) is 4.80 Å². The summed E-state index contributed by atoms with van der Waals surface area (Å²) in [4.78, 5) is 5.55. The van der Waals surface area contributed by atoms with Crippen molar-refractivity contribution >= 4 is 17.6 Å². The molecule has 0 atom stereocenters. The van der Waals surface area contributed by atoms with Crippen LogP contribution in [-0.2, 0) is 0 Å². The molecule has 0 aliphatic rings. The highest BCUT2D eigenvalue weighted by atomic mass is 32.1. The van der Waals surface area contributed by atoms with E-state index in [9.17, 15) is 0 Å². The number of aromatic nitrogens is 1. The highest BCUT2D eigenvalue weighted by Gasteiger charge is 2.14. The third-order valence-electron chi connectivity index (χ3n) is 5.20. The molecule has 0 aliphatic heterocycles. The Hall–Kier alpha value is -3.26. The van der Waals surface area contributed by atoms with Crippen molar-refractivity contribution in [1.82, 2.24) is 4.68 Å². The Morgan fingerprint density at radius 3 is 2.31 bits per heavy atom. The standard InChI is InChI=1S/C27H35N3O4S/c1-18(2)12-13-34-25-10-8-20(14-26(25)33-7)16-28-30-23(17-35-27(30)29-19(3)4)22-15-21(31-5)9-11-24(22)32-6/h8-11,14-19H,12-13H2,1-7H3. The molecule has 7 nitrogen and oxygen atoms in total. The van der Waals surface area contributed by atoms with Crippen LogP contribution in [0.1, 0.15) is 39.7 Å². The van der Waals surface area contributed by atoms with Gasteiger partial charge in [-0.1, -0.05) is 13.8 Å². The van der Waals surface area contributed by atoms with Gasteiger partial charge in [-0.15, -0.1) is 11.3 Å². The minimum Gasteiger partial charge on any atom is -0.497 e. The van der Waals surface area contributed by atoms with Crippen molar-refractivity contribution in [3.63, 3.8) is 0 Å². The number of hydrogen-bond acceptors (Lipinski definition) is 7. The van der Waals surface area contributed by atoms with E-state index in [1.54, 1.807) is 27.5 Å². The van der Waals surface area contributed by atoms with Crippen LogP contribution in [0.4, 0.5) is 0 Å². The first-order valence-electron chi connectivity index (χ1n) is 11.7. The second kappa shape index (κ2) is 12.4. The second-order valence-corrected chi connectivity index (χ2v) is 9.53. The van der Waals surface area contributed by atoms with Gasteiger partial charge in [0.05, 0.1) is 39.8 Å². The molecule has 2 aromatic carbocycles. The Morgan fingerprint density at radius 2 is 1.66 bits per heavy atom. The summed E-state index contributed by atoms with van der Waals surface area (Å²) >= 11 is 1.53. The zero-order chi connectivity index (χ0) is 25.4. The monoisotopic (exact) mass is 497 g/mol. The molecular weight excluding hydrogens is 462 g/mol. The van der Waals surface area contributed by atoms with E-state index in [2.05, 4.69) is 13.8 Å². The number of ether oxygens (including phenoxy) is 4. The van der Waals surface area contributed by atoms with Crippen molar-refractivity contribution in [3.05, 3.63) is 52.1 Å². The number of thiazole rings is 1. The van der Waals surface area contributed by atoms with E-state index >= 15 is 0 Å².